The van der Waals surface area contributed by atoms with Crippen LogP contribution in [0.3, 0.4) is 0 Å². The molecule has 3 rings (SSSR count). The Bertz CT molecular complexity index is 1120. The lowest BCUT2D eigenvalue weighted by Gasteiger charge is -2.34. The maximum atomic E-state index is 12.9. The molecule has 0 bridgehead atoms. The molecule has 6 heteroatoms. The zero-order chi connectivity index (χ0) is 24.6. The molecule has 34 heavy (non-hydrogen) atoms. The summed E-state index contributed by atoms with van der Waals surface area (Å²) in [6.07, 6.45) is -0.450. The first-order valence-electron chi connectivity index (χ1n) is 11.0. The Balaban J connectivity index is 1.82. The van der Waals surface area contributed by atoms with Gasteiger partial charge in [-0.05, 0) is 49.6 Å². The lowest BCUT2D eigenvalue weighted by Crippen LogP contribution is -2.48. The molecule has 0 aliphatic carbocycles. The standard InChI is InChI=1S/C28H28N2O4/c1-28(2,3)34-30(20-31)25(18-21-10-6-4-7-11-21)26(19-29)33-27(32)24-16-14-23(15-17-24)22-12-8-5-9-13-22/h4-17,20,25-26H,18H2,1-3H3/t25-,26+/m1/s1. The topological polar surface area (TPSA) is 79.6 Å². The van der Waals surface area contributed by atoms with Crippen LogP contribution in [-0.2, 0) is 20.8 Å². The van der Waals surface area contributed by atoms with E-state index in [0.29, 0.717) is 12.0 Å². The number of nitrogens with zero attached hydrogens (tertiary/aromatic N) is 2. The van der Waals surface area contributed by atoms with Gasteiger partial charge in [0.1, 0.15) is 12.1 Å². The highest BCUT2D eigenvalue weighted by Crippen LogP contribution is 2.22. The highest BCUT2D eigenvalue weighted by atomic mass is 16.7. The maximum absolute atomic E-state index is 12.9. The van der Waals surface area contributed by atoms with Gasteiger partial charge in [0.2, 0.25) is 12.5 Å². The number of hydroxylamine groups is 2. The fourth-order valence-corrected chi connectivity index (χ4v) is 3.47. The molecule has 0 heterocycles. The molecule has 0 aliphatic heterocycles. The summed E-state index contributed by atoms with van der Waals surface area (Å²) >= 11 is 0. The molecule has 0 saturated carbocycles. The SMILES string of the molecule is CC(C)(C)ON(C=O)[C@H](Cc1ccccc1)[C@H](C#N)OC(=O)c1ccc(-c2ccccc2)cc1. The van der Waals surface area contributed by atoms with Crippen LogP contribution in [0.25, 0.3) is 11.1 Å². The van der Waals surface area contributed by atoms with Crippen molar-refractivity contribution in [2.24, 2.45) is 0 Å². The molecular weight excluding hydrogens is 428 g/mol. The third-order valence-electron chi connectivity index (χ3n) is 5.04. The maximum Gasteiger partial charge on any atom is 0.339 e. The van der Waals surface area contributed by atoms with E-state index in [9.17, 15) is 14.9 Å². The lowest BCUT2D eigenvalue weighted by molar-refractivity contribution is -0.239. The van der Waals surface area contributed by atoms with Crippen molar-refractivity contribution in [3.05, 3.63) is 96.1 Å². The highest BCUT2D eigenvalue weighted by molar-refractivity contribution is 5.90. The monoisotopic (exact) mass is 456 g/mol. The van der Waals surface area contributed by atoms with Gasteiger partial charge in [0.05, 0.1) is 11.2 Å². The fraction of sp³-hybridized carbons (Fsp3) is 0.250. The van der Waals surface area contributed by atoms with Gasteiger partial charge in [0.25, 0.3) is 0 Å². The Labute approximate surface area is 200 Å². The Kier molecular flexibility index (Phi) is 8.18. The number of nitriles is 1. The van der Waals surface area contributed by atoms with Crippen LogP contribution in [0, 0.1) is 11.3 Å². The molecule has 0 spiro atoms. The molecule has 0 aromatic heterocycles. The van der Waals surface area contributed by atoms with Crippen molar-refractivity contribution in [1.29, 1.82) is 5.26 Å². The molecule has 1 amide bonds. The van der Waals surface area contributed by atoms with Gasteiger partial charge in [0, 0.05) is 6.42 Å². The zero-order valence-electron chi connectivity index (χ0n) is 19.5. The minimum absolute atomic E-state index is 0.272. The van der Waals surface area contributed by atoms with Crippen molar-refractivity contribution in [3.8, 4) is 17.2 Å². The molecule has 0 aliphatic rings. The minimum atomic E-state index is -1.24. The summed E-state index contributed by atoms with van der Waals surface area (Å²) in [6.45, 7) is 5.39. The van der Waals surface area contributed by atoms with Crippen molar-refractivity contribution < 1.29 is 19.2 Å². The predicted molar refractivity (Wildman–Crippen MR) is 129 cm³/mol. The van der Waals surface area contributed by atoms with Crippen molar-refractivity contribution in [2.45, 2.75) is 44.9 Å². The summed E-state index contributed by atoms with van der Waals surface area (Å²) in [6, 6.07) is 27.3. The number of carbonyl (C=O) groups is 2. The largest absolute Gasteiger partial charge is 0.441 e. The van der Waals surface area contributed by atoms with Crippen molar-refractivity contribution >= 4 is 12.4 Å². The van der Waals surface area contributed by atoms with Crippen LogP contribution in [0.1, 0.15) is 36.7 Å². The zero-order valence-corrected chi connectivity index (χ0v) is 19.5. The summed E-state index contributed by atoms with van der Waals surface area (Å²) in [4.78, 5) is 30.6. The second-order valence-electron chi connectivity index (χ2n) is 8.82. The van der Waals surface area contributed by atoms with E-state index >= 15 is 0 Å². The summed E-state index contributed by atoms with van der Waals surface area (Å²) in [5.41, 5.74) is 2.49. The lowest BCUT2D eigenvalue weighted by atomic mass is 10.0. The Morgan fingerprint density at radius 2 is 1.50 bits per heavy atom. The summed E-state index contributed by atoms with van der Waals surface area (Å²) in [5.74, 6) is -0.647. The van der Waals surface area contributed by atoms with Crippen molar-refractivity contribution in [3.63, 3.8) is 0 Å². The van der Waals surface area contributed by atoms with Gasteiger partial charge in [-0.15, -0.1) is 0 Å². The van der Waals surface area contributed by atoms with Gasteiger partial charge in [0.15, 0.2) is 0 Å². The molecule has 3 aromatic carbocycles. The van der Waals surface area contributed by atoms with Gasteiger partial charge in [-0.2, -0.15) is 5.26 Å². The molecule has 6 nitrogen and oxygen atoms in total. The van der Waals surface area contributed by atoms with Gasteiger partial charge >= 0.3 is 5.97 Å². The van der Waals surface area contributed by atoms with Gasteiger partial charge in [-0.1, -0.05) is 72.8 Å². The Morgan fingerprint density at radius 3 is 2.03 bits per heavy atom. The fourth-order valence-electron chi connectivity index (χ4n) is 3.47. The average Bonchev–Trinajstić information content (AvgIpc) is 2.85. The van der Waals surface area contributed by atoms with E-state index in [1.807, 2.05) is 78.9 Å². The van der Waals surface area contributed by atoms with Crippen LogP contribution in [0.4, 0.5) is 0 Å². The van der Waals surface area contributed by atoms with E-state index in [0.717, 1.165) is 21.8 Å². The summed E-state index contributed by atoms with van der Waals surface area (Å²) in [5, 5.41) is 11.0. The third kappa shape index (κ3) is 6.77. The summed E-state index contributed by atoms with van der Waals surface area (Å²) < 4.78 is 5.58. The van der Waals surface area contributed by atoms with Crippen molar-refractivity contribution in [2.75, 3.05) is 0 Å². The quantitative estimate of drug-likeness (QED) is 0.251. The number of rotatable bonds is 9. The smallest absolute Gasteiger partial charge is 0.339 e. The van der Waals surface area contributed by atoms with E-state index in [1.165, 1.54) is 0 Å². The van der Waals surface area contributed by atoms with Crippen LogP contribution in [0.5, 0.6) is 0 Å². The third-order valence-corrected chi connectivity index (χ3v) is 5.04. The molecular formula is C28H28N2O4. The van der Waals surface area contributed by atoms with Crippen molar-refractivity contribution in [1.82, 2.24) is 5.06 Å². The average molecular weight is 457 g/mol. The second-order valence-corrected chi connectivity index (χ2v) is 8.82. The first-order chi connectivity index (χ1) is 16.3. The Morgan fingerprint density at radius 1 is 0.941 bits per heavy atom. The second kappa shape index (κ2) is 11.3. The number of hydrogen-bond acceptors (Lipinski definition) is 5. The van der Waals surface area contributed by atoms with Crippen LogP contribution in [0.15, 0.2) is 84.9 Å². The molecule has 0 unspecified atom stereocenters. The molecule has 174 valence electrons. The number of esters is 1. The summed E-state index contributed by atoms with van der Waals surface area (Å²) in [7, 11) is 0. The molecule has 0 radical (unpaired) electrons. The van der Waals surface area contributed by atoms with E-state index in [1.54, 1.807) is 32.9 Å². The molecule has 0 N–H and O–H groups in total. The number of benzene rings is 3. The molecule has 0 saturated heterocycles. The van der Waals surface area contributed by atoms with Gasteiger partial charge in [-0.3, -0.25) is 9.63 Å². The first kappa shape index (κ1) is 24.7. The normalized spacial score (nSPS) is 12.8. The van der Waals surface area contributed by atoms with Crippen LogP contribution in [-0.4, -0.2) is 35.2 Å². The number of carbonyl (C=O) groups excluding carboxylic acids is 2. The van der Waals surface area contributed by atoms with Gasteiger partial charge < -0.3 is 4.74 Å². The Hall–Kier alpha value is -3.95. The van der Waals surface area contributed by atoms with E-state index in [-0.39, 0.29) is 6.42 Å². The predicted octanol–water partition coefficient (Wildman–Crippen LogP) is 5.20. The number of hydrogen-bond donors (Lipinski definition) is 0. The number of amides is 1. The minimum Gasteiger partial charge on any atom is -0.441 e. The molecule has 3 aromatic rings. The van der Waals surface area contributed by atoms with Gasteiger partial charge in [-0.25, -0.2) is 9.86 Å². The van der Waals surface area contributed by atoms with E-state index < -0.39 is 23.7 Å². The number of ether oxygens (including phenoxy) is 1. The molecule has 2 atom stereocenters. The molecule has 0 fully saturated rings. The van der Waals surface area contributed by atoms with Crippen LogP contribution in [0.2, 0.25) is 0 Å². The first-order valence-corrected chi connectivity index (χ1v) is 11.0. The van der Waals surface area contributed by atoms with E-state index in [2.05, 4.69) is 0 Å². The van der Waals surface area contributed by atoms with Crippen LogP contribution < -0.4 is 0 Å². The van der Waals surface area contributed by atoms with E-state index in [4.69, 9.17) is 9.57 Å². The van der Waals surface area contributed by atoms with Crippen LogP contribution >= 0.6 is 0 Å². The highest BCUT2D eigenvalue weighted by Gasteiger charge is 2.34.